The summed E-state index contributed by atoms with van der Waals surface area (Å²) in [6, 6.07) is 0. The zero-order valence-electron chi connectivity index (χ0n) is 10.9. The minimum atomic E-state index is 0.722. The van der Waals surface area contributed by atoms with Gasteiger partial charge in [-0.05, 0) is 0 Å². The molecule has 0 aromatic carbocycles. The Bertz CT molecular complexity index is 82.1. The maximum atomic E-state index is 2.22. The Labute approximate surface area is 94.9 Å². The highest BCUT2D eigenvalue weighted by molar-refractivity contribution is 7.01. The average molecular weight is 188 g/mol. The first-order valence-electron chi connectivity index (χ1n) is 5.87. The van der Waals surface area contributed by atoms with Crippen LogP contribution in [0.4, 0.5) is 0 Å². The van der Waals surface area contributed by atoms with Crippen molar-refractivity contribution in [2.75, 3.05) is 0 Å². The summed E-state index contributed by atoms with van der Waals surface area (Å²) in [5.41, 5.74) is 0. The van der Waals surface area contributed by atoms with Gasteiger partial charge in [-0.15, -0.1) is 0 Å². The fourth-order valence-electron chi connectivity index (χ4n) is 0.816. The molecule has 0 rings (SSSR count). The Balaban J connectivity index is 0. The summed E-state index contributed by atoms with van der Waals surface area (Å²) >= 11 is 0. The van der Waals surface area contributed by atoms with Gasteiger partial charge in [-0.3, -0.25) is 0 Å². The lowest BCUT2D eigenvalue weighted by molar-refractivity contribution is 1.07. The summed E-state index contributed by atoms with van der Waals surface area (Å²) in [7, 11) is 8.84. The van der Waals surface area contributed by atoms with Crippen molar-refractivity contribution in [3.05, 3.63) is 0 Å². The Morgan fingerprint density at radius 2 is 1.00 bits per heavy atom. The molecule has 76 valence electrons. The molecule has 0 spiro atoms. The van der Waals surface area contributed by atoms with Gasteiger partial charge in [0.25, 0.3) is 0 Å². The standard InChI is InChI=1S/2C5H12B2/c2*1-4-6-7-5(2)3/h2*5H,4H2,1-3H3. The summed E-state index contributed by atoms with van der Waals surface area (Å²) in [5, 5.41) is 0. The van der Waals surface area contributed by atoms with Gasteiger partial charge in [0.1, 0.15) is 0 Å². The third kappa shape index (κ3) is 22.8. The molecule has 0 heterocycles. The van der Waals surface area contributed by atoms with Gasteiger partial charge < -0.3 is 0 Å². The van der Waals surface area contributed by atoms with Crippen molar-refractivity contribution in [3.63, 3.8) is 0 Å². The second kappa shape index (κ2) is 13.3. The van der Waals surface area contributed by atoms with Gasteiger partial charge in [-0.1, -0.05) is 65.8 Å². The van der Waals surface area contributed by atoms with Gasteiger partial charge >= 0.3 is 0 Å². The van der Waals surface area contributed by atoms with Crippen molar-refractivity contribution in [2.45, 2.75) is 65.8 Å². The van der Waals surface area contributed by atoms with E-state index in [1.54, 1.807) is 0 Å². The van der Waals surface area contributed by atoms with E-state index in [4.69, 9.17) is 0 Å². The molecule has 4 radical (unpaired) electrons. The average Bonchev–Trinajstić information content (AvgIpc) is 2.12. The predicted octanol–water partition coefficient (Wildman–Crippen LogP) is 3.15. The highest BCUT2D eigenvalue weighted by Gasteiger charge is 1.93. The minimum Gasteiger partial charge on any atom is -0.0914 e. The number of hydrogen-bond donors (Lipinski definition) is 0. The molecule has 0 nitrogen and oxygen atoms in total. The van der Waals surface area contributed by atoms with Crippen LogP contribution in [0.5, 0.6) is 0 Å². The van der Waals surface area contributed by atoms with Crippen molar-refractivity contribution in [3.8, 4) is 0 Å². The van der Waals surface area contributed by atoms with Crippen molar-refractivity contribution in [1.82, 2.24) is 0 Å². The quantitative estimate of drug-likeness (QED) is 0.561. The van der Waals surface area contributed by atoms with Crippen molar-refractivity contribution in [2.24, 2.45) is 0 Å². The van der Waals surface area contributed by atoms with Crippen LogP contribution >= 0.6 is 0 Å². The summed E-state index contributed by atoms with van der Waals surface area (Å²) in [5.74, 6) is 1.44. The monoisotopic (exact) mass is 188 g/mol. The topological polar surface area (TPSA) is 0 Å². The molecule has 0 N–H and O–H groups in total. The third-order valence-corrected chi connectivity index (χ3v) is 1.51. The predicted molar refractivity (Wildman–Crippen MR) is 74.2 cm³/mol. The molecule has 0 aromatic heterocycles. The molecule has 0 saturated heterocycles. The molecule has 0 aromatic rings. The van der Waals surface area contributed by atoms with E-state index in [1.807, 2.05) is 0 Å². The van der Waals surface area contributed by atoms with Gasteiger partial charge in [0.2, 0.25) is 0 Å². The summed E-state index contributed by atoms with van der Waals surface area (Å²) < 4.78 is 0. The van der Waals surface area contributed by atoms with Crippen LogP contribution in [0.3, 0.4) is 0 Å². The van der Waals surface area contributed by atoms with E-state index in [0.29, 0.717) is 0 Å². The van der Waals surface area contributed by atoms with Crippen LogP contribution in [-0.2, 0) is 0 Å². The van der Waals surface area contributed by atoms with E-state index in [0.717, 1.165) is 24.3 Å². The Morgan fingerprint density at radius 1 is 0.714 bits per heavy atom. The minimum absolute atomic E-state index is 0.722. The fraction of sp³-hybridized carbons (Fsp3) is 1.00. The van der Waals surface area contributed by atoms with Gasteiger partial charge in [0, 0.05) is 0 Å². The molecule has 0 fully saturated rings. The second-order valence-electron chi connectivity index (χ2n) is 4.16. The summed E-state index contributed by atoms with van der Waals surface area (Å²) in [6.45, 7) is 13.0. The van der Waals surface area contributed by atoms with Crippen LogP contribution in [0.2, 0.25) is 24.3 Å². The molecule has 0 aliphatic carbocycles. The zero-order chi connectivity index (χ0) is 11.4. The van der Waals surface area contributed by atoms with Crippen LogP contribution in [0, 0.1) is 0 Å². The van der Waals surface area contributed by atoms with E-state index in [1.165, 1.54) is 0 Å². The largest absolute Gasteiger partial charge is 0.0914 e. The number of rotatable bonds is 6. The van der Waals surface area contributed by atoms with Crippen molar-refractivity contribution >= 4 is 28.7 Å². The summed E-state index contributed by atoms with van der Waals surface area (Å²) in [6.07, 6.45) is 2.33. The van der Waals surface area contributed by atoms with E-state index in [2.05, 4.69) is 70.2 Å². The van der Waals surface area contributed by atoms with E-state index < -0.39 is 0 Å². The van der Waals surface area contributed by atoms with Gasteiger partial charge in [0.05, 0.1) is 28.7 Å². The molecule has 0 unspecified atom stereocenters. The van der Waals surface area contributed by atoms with Crippen LogP contribution in [-0.4, -0.2) is 28.7 Å². The molecule has 0 bridgehead atoms. The summed E-state index contributed by atoms with van der Waals surface area (Å²) in [4.78, 5) is 0. The number of hydrogen-bond acceptors (Lipinski definition) is 0. The lowest BCUT2D eigenvalue weighted by Crippen LogP contribution is -2.04. The van der Waals surface area contributed by atoms with Gasteiger partial charge in [0.15, 0.2) is 0 Å². The lowest BCUT2D eigenvalue weighted by atomic mass is 9.34. The molecule has 0 aliphatic rings. The molecule has 0 saturated carbocycles. The van der Waals surface area contributed by atoms with Gasteiger partial charge in [-0.2, -0.15) is 0 Å². The first kappa shape index (κ1) is 16.7. The van der Waals surface area contributed by atoms with Crippen molar-refractivity contribution < 1.29 is 0 Å². The van der Waals surface area contributed by atoms with Crippen LogP contribution in [0.1, 0.15) is 41.5 Å². The maximum Gasteiger partial charge on any atom is 0.0688 e. The first-order valence-corrected chi connectivity index (χ1v) is 5.87. The third-order valence-electron chi connectivity index (χ3n) is 1.51. The van der Waals surface area contributed by atoms with Crippen LogP contribution < -0.4 is 0 Å². The Hall–Kier alpha value is 0.260. The lowest BCUT2D eigenvalue weighted by Gasteiger charge is -1.95. The van der Waals surface area contributed by atoms with Crippen molar-refractivity contribution in [1.29, 1.82) is 0 Å². The molecule has 14 heavy (non-hydrogen) atoms. The molecular weight excluding hydrogens is 163 g/mol. The Kier molecular flexibility index (Phi) is 15.8. The fourth-order valence-corrected chi connectivity index (χ4v) is 0.816. The zero-order valence-corrected chi connectivity index (χ0v) is 10.9. The normalized spacial score (nSPS) is 9.14. The molecule has 0 atom stereocenters. The van der Waals surface area contributed by atoms with E-state index in [-0.39, 0.29) is 0 Å². The highest BCUT2D eigenvalue weighted by atomic mass is 13.7. The van der Waals surface area contributed by atoms with Crippen LogP contribution in [0.15, 0.2) is 0 Å². The first-order chi connectivity index (χ1) is 6.54. The highest BCUT2D eigenvalue weighted by Crippen LogP contribution is 1.95. The van der Waals surface area contributed by atoms with Crippen LogP contribution in [0.25, 0.3) is 0 Å². The molecule has 4 heteroatoms. The van der Waals surface area contributed by atoms with Gasteiger partial charge in [-0.25, -0.2) is 0 Å². The second-order valence-corrected chi connectivity index (χ2v) is 4.16. The SMILES string of the molecule is CC[B][B]C(C)C.CC[B][B]C(C)C. The molecule has 0 amide bonds. The van der Waals surface area contributed by atoms with E-state index in [9.17, 15) is 0 Å². The molecule has 0 aliphatic heterocycles. The van der Waals surface area contributed by atoms with E-state index >= 15 is 0 Å². The smallest absolute Gasteiger partial charge is 0.0688 e. The Morgan fingerprint density at radius 3 is 1.07 bits per heavy atom. The maximum absolute atomic E-state index is 2.22. The molecular formula is C10H24B4.